The van der Waals surface area contributed by atoms with Crippen LogP contribution < -0.4 is 4.74 Å². The number of rotatable bonds is 5. The van der Waals surface area contributed by atoms with Crippen LogP contribution in [0.4, 0.5) is 0 Å². The van der Waals surface area contributed by atoms with E-state index in [0.717, 1.165) is 0 Å². The number of halogens is 1. The molecular weight excluding hydrogens is 260 g/mol. The predicted molar refractivity (Wildman–Crippen MR) is 65.7 cm³/mol. The van der Waals surface area contributed by atoms with Crippen molar-refractivity contribution in [2.45, 2.75) is 12.7 Å². The molecule has 1 N–H and O–H groups in total. The molecule has 5 nitrogen and oxygen atoms in total. The number of carbonyl (C=O) groups is 1. The predicted octanol–water partition coefficient (Wildman–Crippen LogP) is 1.70. The van der Waals surface area contributed by atoms with Gasteiger partial charge in [0.1, 0.15) is 5.75 Å². The van der Waals surface area contributed by atoms with E-state index in [1.807, 2.05) is 0 Å². The molecule has 0 aromatic heterocycles. The highest BCUT2D eigenvalue weighted by atomic mass is 35.5. The third-order valence-corrected chi connectivity index (χ3v) is 2.73. The Bertz CT molecular complexity index is 433. The van der Waals surface area contributed by atoms with Crippen LogP contribution in [-0.4, -0.2) is 32.4 Å². The van der Waals surface area contributed by atoms with E-state index in [1.54, 1.807) is 6.07 Å². The monoisotopic (exact) mass is 274 g/mol. The standard InChI is InChI=1S/C12H15ClO5/c1-16-6-7-4-10(17-2)9(13)5-8(7)11(14)12(15)18-3/h4-5,11,14H,6H2,1-3H3. The number of ether oxygens (including phenoxy) is 3. The highest BCUT2D eigenvalue weighted by Crippen LogP contribution is 2.32. The molecular formula is C12H15ClO5. The molecule has 0 heterocycles. The molecule has 18 heavy (non-hydrogen) atoms. The fourth-order valence-corrected chi connectivity index (χ4v) is 1.79. The second-order valence-electron chi connectivity index (χ2n) is 3.54. The number of hydrogen-bond donors (Lipinski definition) is 1. The SMILES string of the molecule is COCc1cc(OC)c(Cl)cc1C(O)C(=O)OC. The molecule has 0 saturated carbocycles. The van der Waals surface area contributed by atoms with Gasteiger partial charge in [0, 0.05) is 7.11 Å². The highest BCUT2D eigenvalue weighted by Gasteiger charge is 2.23. The van der Waals surface area contributed by atoms with Crippen molar-refractivity contribution in [2.24, 2.45) is 0 Å². The van der Waals surface area contributed by atoms with Gasteiger partial charge in [-0.2, -0.15) is 0 Å². The van der Waals surface area contributed by atoms with Gasteiger partial charge in [0.2, 0.25) is 0 Å². The van der Waals surface area contributed by atoms with Crippen molar-refractivity contribution in [3.8, 4) is 5.75 Å². The Hall–Kier alpha value is -1.30. The summed E-state index contributed by atoms with van der Waals surface area (Å²) in [6, 6.07) is 3.09. The van der Waals surface area contributed by atoms with Gasteiger partial charge in [-0.05, 0) is 23.3 Å². The van der Waals surface area contributed by atoms with E-state index in [-0.39, 0.29) is 6.61 Å². The van der Waals surface area contributed by atoms with Gasteiger partial charge in [0.15, 0.2) is 6.10 Å². The van der Waals surface area contributed by atoms with Crippen molar-refractivity contribution in [1.82, 2.24) is 0 Å². The number of esters is 1. The Kier molecular flexibility index (Phi) is 5.40. The zero-order chi connectivity index (χ0) is 13.7. The fraction of sp³-hybridized carbons (Fsp3) is 0.417. The van der Waals surface area contributed by atoms with Gasteiger partial charge < -0.3 is 19.3 Å². The maximum Gasteiger partial charge on any atom is 0.339 e. The minimum Gasteiger partial charge on any atom is -0.495 e. The number of methoxy groups -OCH3 is 3. The van der Waals surface area contributed by atoms with E-state index in [1.165, 1.54) is 27.4 Å². The van der Waals surface area contributed by atoms with Crippen LogP contribution in [0.15, 0.2) is 12.1 Å². The van der Waals surface area contributed by atoms with E-state index in [0.29, 0.717) is 21.9 Å². The summed E-state index contributed by atoms with van der Waals surface area (Å²) in [6.45, 7) is 0.219. The molecule has 0 saturated heterocycles. The summed E-state index contributed by atoms with van der Waals surface area (Å²) >= 11 is 5.96. The zero-order valence-electron chi connectivity index (χ0n) is 10.4. The third kappa shape index (κ3) is 3.13. The van der Waals surface area contributed by atoms with Crippen LogP contribution in [0, 0.1) is 0 Å². The molecule has 1 aromatic rings. The largest absolute Gasteiger partial charge is 0.495 e. The molecule has 1 unspecified atom stereocenters. The van der Waals surface area contributed by atoms with Crippen LogP contribution in [0.5, 0.6) is 5.75 Å². The van der Waals surface area contributed by atoms with E-state index < -0.39 is 12.1 Å². The lowest BCUT2D eigenvalue weighted by Crippen LogP contribution is -2.15. The minimum atomic E-state index is -1.40. The number of benzene rings is 1. The first-order valence-corrected chi connectivity index (χ1v) is 5.54. The Labute approximate surface area is 110 Å². The van der Waals surface area contributed by atoms with Gasteiger partial charge in [-0.25, -0.2) is 4.79 Å². The number of carbonyl (C=O) groups excluding carboxylic acids is 1. The summed E-state index contributed by atoms with van der Waals surface area (Å²) in [5, 5.41) is 10.2. The average molecular weight is 275 g/mol. The summed E-state index contributed by atoms with van der Waals surface area (Å²) in [6.07, 6.45) is -1.40. The van der Waals surface area contributed by atoms with Crippen LogP contribution in [0.25, 0.3) is 0 Å². The average Bonchev–Trinajstić information content (AvgIpc) is 2.38. The van der Waals surface area contributed by atoms with Crippen LogP contribution >= 0.6 is 11.6 Å². The van der Waals surface area contributed by atoms with Crippen LogP contribution in [0.2, 0.25) is 5.02 Å². The van der Waals surface area contributed by atoms with Gasteiger partial charge in [0.05, 0.1) is 25.8 Å². The Morgan fingerprint density at radius 1 is 1.39 bits per heavy atom. The maximum atomic E-state index is 11.3. The molecule has 0 aliphatic carbocycles. The van der Waals surface area contributed by atoms with Gasteiger partial charge in [-0.3, -0.25) is 0 Å². The molecule has 0 spiro atoms. The fourth-order valence-electron chi connectivity index (χ4n) is 1.54. The first-order valence-electron chi connectivity index (χ1n) is 5.16. The van der Waals surface area contributed by atoms with Crippen molar-refractivity contribution in [3.63, 3.8) is 0 Å². The molecule has 100 valence electrons. The normalized spacial score (nSPS) is 12.1. The third-order valence-electron chi connectivity index (χ3n) is 2.43. The quantitative estimate of drug-likeness (QED) is 0.828. The van der Waals surface area contributed by atoms with Crippen LogP contribution in [0.3, 0.4) is 0 Å². The zero-order valence-corrected chi connectivity index (χ0v) is 11.2. The number of hydrogen-bond acceptors (Lipinski definition) is 5. The Morgan fingerprint density at radius 2 is 2.06 bits per heavy atom. The van der Waals surface area contributed by atoms with E-state index in [4.69, 9.17) is 21.1 Å². The van der Waals surface area contributed by atoms with Crippen LogP contribution in [-0.2, 0) is 20.9 Å². The second-order valence-corrected chi connectivity index (χ2v) is 3.95. The molecule has 0 fully saturated rings. The minimum absolute atomic E-state index is 0.219. The molecule has 0 radical (unpaired) electrons. The lowest BCUT2D eigenvalue weighted by Gasteiger charge is -2.15. The first-order chi connectivity index (χ1) is 8.54. The highest BCUT2D eigenvalue weighted by molar-refractivity contribution is 6.32. The van der Waals surface area contributed by atoms with Crippen LogP contribution in [0.1, 0.15) is 17.2 Å². The van der Waals surface area contributed by atoms with Gasteiger partial charge >= 0.3 is 5.97 Å². The molecule has 0 amide bonds. The van der Waals surface area contributed by atoms with Crippen molar-refractivity contribution < 1.29 is 24.1 Å². The first kappa shape index (κ1) is 14.8. The van der Waals surface area contributed by atoms with E-state index >= 15 is 0 Å². The summed E-state index contributed by atoms with van der Waals surface area (Å²) in [5.74, 6) is -0.307. The van der Waals surface area contributed by atoms with Gasteiger partial charge in [-0.15, -0.1) is 0 Å². The number of aliphatic hydroxyl groups is 1. The summed E-state index contributed by atoms with van der Waals surface area (Å²) < 4.78 is 14.6. The second kappa shape index (κ2) is 6.58. The lowest BCUT2D eigenvalue weighted by atomic mass is 10.0. The summed E-state index contributed by atoms with van der Waals surface area (Å²) in [5.41, 5.74) is 0.950. The topological polar surface area (TPSA) is 65.0 Å². The van der Waals surface area contributed by atoms with Crippen molar-refractivity contribution >= 4 is 17.6 Å². The molecule has 0 bridgehead atoms. The van der Waals surface area contributed by atoms with E-state index in [2.05, 4.69) is 4.74 Å². The smallest absolute Gasteiger partial charge is 0.339 e. The lowest BCUT2D eigenvalue weighted by molar-refractivity contribution is -0.150. The van der Waals surface area contributed by atoms with Gasteiger partial charge in [0.25, 0.3) is 0 Å². The molecule has 0 aliphatic heterocycles. The molecule has 1 atom stereocenters. The Balaban J connectivity index is 3.23. The molecule has 1 rings (SSSR count). The number of aliphatic hydroxyl groups excluding tert-OH is 1. The van der Waals surface area contributed by atoms with Gasteiger partial charge in [-0.1, -0.05) is 11.6 Å². The Morgan fingerprint density at radius 3 is 2.56 bits per heavy atom. The summed E-state index contributed by atoms with van der Waals surface area (Å²) in [4.78, 5) is 11.3. The maximum absolute atomic E-state index is 11.3. The van der Waals surface area contributed by atoms with Crippen molar-refractivity contribution in [3.05, 3.63) is 28.3 Å². The molecule has 0 aliphatic rings. The molecule has 1 aromatic carbocycles. The van der Waals surface area contributed by atoms with E-state index in [9.17, 15) is 9.90 Å². The van der Waals surface area contributed by atoms with Crippen molar-refractivity contribution in [2.75, 3.05) is 21.3 Å². The molecule has 6 heteroatoms. The van der Waals surface area contributed by atoms with Crippen molar-refractivity contribution in [1.29, 1.82) is 0 Å². The summed E-state index contributed by atoms with van der Waals surface area (Å²) in [7, 11) is 4.19.